The fourth-order valence-corrected chi connectivity index (χ4v) is 4.03. The molecule has 27 heavy (non-hydrogen) atoms. The maximum Gasteiger partial charge on any atom is 0.266 e. The first kappa shape index (κ1) is 17.5. The molecule has 3 aromatic carbocycles. The summed E-state index contributed by atoms with van der Waals surface area (Å²) in [6.45, 7) is 2.07. The van der Waals surface area contributed by atoms with Crippen molar-refractivity contribution in [1.29, 1.82) is 0 Å². The maximum atomic E-state index is 13.4. The van der Waals surface area contributed by atoms with Crippen LogP contribution in [-0.4, -0.2) is 9.55 Å². The Labute approximate surface area is 160 Å². The van der Waals surface area contributed by atoms with Gasteiger partial charge >= 0.3 is 0 Å². The highest BCUT2D eigenvalue weighted by atomic mass is 32.2. The molecule has 1 aromatic heterocycles. The number of aromatic nitrogens is 2. The van der Waals surface area contributed by atoms with Crippen molar-refractivity contribution >= 4 is 22.7 Å². The monoisotopic (exact) mass is 376 g/mol. The molecule has 3 nitrogen and oxygen atoms in total. The summed E-state index contributed by atoms with van der Waals surface area (Å²) < 4.78 is 14.9. The van der Waals surface area contributed by atoms with Gasteiger partial charge in [-0.15, -0.1) is 0 Å². The molecule has 0 unspecified atom stereocenters. The van der Waals surface area contributed by atoms with E-state index in [2.05, 4.69) is 19.1 Å². The van der Waals surface area contributed by atoms with Crippen LogP contribution in [0.1, 0.15) is 11.1 Å². The molecule has 0 radical (unpaired) electrons. The number of hydrogen-bond acceptors (Lipinski definition) is 3. The minimum absolute atomic E-state index is 0.153. The van der Waals surface area contributed by atoms with Gasteiger partial charge in [0, 0.05) is 5.75 Å². The van der Waals surface area contributed by atoms with Gasteiger partial charge in [-0.1, -0.05) is 48.2 Å². The van der Waals surface area contributed by atoms with Crippen LogP contribution in [0.2, 0.25) is 0 Å². The van der Waals surface area contributed by atoms with E-state index in [1.807, 2.05) is 30.3 Å². The standard InChI is InChI=1S/C22H17FN2OS/c1-15-6-2-3-7-16(15)14-27-22-24-20-9-5-4-8-19(20)21(26)25(22)18-12-10-17(23)11-13-18/h2-13H,14H2,1H3. The predicted molar refractivity (Wildman–Crippen MR) is 108 cm³/mol. The van der Waals surface area contributed by atoms with Crippen molar-refractivity contribution in [2.75, 3.05) is 0 Å². The van der Waals surface area contributed by atoms with Gasteiger partial charge in [0.1, 0.15) is 5.82 Å². The van der Waals surface area contributed by atoms with Crippen LogP contribution in [0, 0.1) is 12.7 Å². The number of benzene rings is 3. The number of thioether (sulfide) groups is 1. The SMILES string of the molecule is Cc1ccccc1CSc1nc2ccccc2c(=O)n1-c1ccc(F)cc1. The molecule has 0 saturated carbocycles. The molecule has 0 amide bonds. The lowest BCUT2D eigenvalue weighted by Gasteiger charge is -2.14. The van der Waals surface area contributed by atoms with Crippen LogP contribution in [-0.2, 0) is 5.75 Å². The number of aryl methyl sites for hydroxylation is 1. The normalized spacial score (nSPS) is 11.0. The minimum Gasteiger partial charge on any atom is -0.268 e. The van der Waals surface area contributed by atoms with Crippen molar-refractivity contribution in [3.63, 3.8) is 0 Å². The van der Waals surface area contributed by atoms with Gasteiger partial charge in [0.15, 0.2) is 5.16 Å². The van der Waals surface area contributed by atoms with Gasteiger partial charge in [0.05, 0.1) is 16.6 Å². The van der Waals surface area contributed by atoms with Crippen molar-refractivity contribution in [1.82, 2.24) is 9.55 Å². The van der Waals surface area contributed by atoms with Crippen molar-refractivity contribution in [3.8, 4) is 5.69 Å². The maximum absolute atomic E-state index is 13.4. The second-order valence-electron chi connectivity index (χ2n) is 6.24. The van der Waals surface area contributed by atoms with E-state index >= 15 is 0 Å². The molecule has 5 heteroatoms. The van der Waals surface area contributed by atoms with Gasteiger partial charge in [0.2, 0.25) is 0 Å². The lowest BCUT2D eigenvalue weighted by molar-refractivity contribution is 0.627. The molecule has 0 saturated heterocycles. The average Bonchev–Trinajstić information content (AvgIpc) is 2.69. The van der Waals surface area contributed by atoms with E-state index in [1.165, 1.54) is 35.0 Å². The molecule has 0 aliphatic heterocycles. The molecular weight excluding hydrogens is 359 g/mol. The second-order valence-corrected chi connectivity index (χ2v) is 7.19. The fourth-order valence-electron chi connectivity index (χ4n) is 2.94. The topological polar surface area (TPSA) is 34.9 Å². The summed E-state index contributed by atoms with van der Waals surface area (Å²) in [5, 5.41) is 1.13. The Morgan fingerprint density at radius 2 is 1.67 bits per heavy atom. The third-order valence-corrected chi connectivity index (χ3v) is 5.44. The molecule has 134 valence electrons. The molecule has 0 aliphatic rings. The van der Waals surface area contributed by atoms with E-state index in [1.54, 1.807) is 22.8 Å². The first-order valence-electron chi connectivity index (χ1n) is 8.58. The van der Waals surface area contributed by atoms with E-state index in [-0.39, 0.29) is 11.4 Å². The third kappa shape index (κ3) is 3.51. The average molecular weight is 376 g/mol. The lowest BCUT2D eigenvalue weighted by Crippen LogP contribution is -2.21. The highest BCUT2D eigenvalue weighted by Gasteiger charge is 2.14. The van der Waals surface area contributed by atoms with Gasteiger partial charge < -0.3 is 0 Å². The van der Waals surface area contributed by atoms with Gasteiger partial charge in [0.25, 0.3) is 5.56 Å². The van der Waals surface area contributed by atoms with Gasteiger partial charge in [-0.2, -0.15) is 0 Å². The van der Waals surface area contributed by atoms with Crippen molar-refractivity contribution in [3.05, 3.63) is 100 Å². The number of para-hydroxylation sites is 1. The number of fused-ring (bicyclic) bond motifs is 1. The summed E-state index contributed by atoms with van der Waals surface area (Å²) in [7, 11) is 0. The largest absolute Gasteiger partial charge is 0.268 e. The number of halogens is 1. The van der Waals surface area contributed by atoms with Gasteiger partial charge in [-0.25, -0.2) is 9.37 Å². The molecule has 1 heterocycles. The van der Waals surface area contributed by atoms with Gasteiger partial charge in [-0.05, 0) is 54.4 Å². The highest BCUT2D eigenvalue weighted by molar-refractivity contribution is 7.98. The zero-order valence-corrected chi connectivity index (χ0v) is 15.5. The highest BCUT2D eigenvalue weighted by Crippen LogP contribution is 2.25. The Morgan fingerprint density at radius 3 is 2.44 bits per heavy atom. The molecule has 4 rings (SSSR count). The number of nitrogens with zero attached hydrogens (tertiary/aromatic N) is 2. The summed E-state index contributed by atoms with van der Waals surface area (Å²) in [4.78, 5) is 17.8. The molecule has 0 atom stereocenters. The summed E-state index contributed by atoms with van der Waals surface area (Å²) >= 11 is 1.50. The van der Waals surface area contributed by atoms with Crippen LogP contribution in [0.15, 0.2) is 82.7 Å². The van der Waals surface area contributed by atoms with Crippen LogP contribution >= 0.6 is 11.8 Å². The summed E-state index contributed by atoms with van der Waals surface area (Å²) in [5.41, 5.74) is 3.50. The van der Waals surface area contributed by atoms with E-state index in [0.29, 0.717) is 27.5 Å². The van der Waals surface area contributed by atoms with Gasteiger partial charge in [-0.3, -0.25) is 9.36 Å². The van der Waals surface area contributed by atoms with Crippen LogP contribution in [0.25, 0.3) is 16.6 Å². The van der Waals surface area contributed by atoms with Crippen molar-refractivity contribution in [2.24, 2.45) is 0 Å². The third-order valence-electron chi connectivity index (χ3n) is 4.45. The molecule has 0 aliphatic carbocycles. The van der Waals surface area contributed by atoms with E-state index in [4.69, 9.17) is 4.98 Å². The molecule has 0 spiro atoms. The number of hydrogen-bond donors (Lipinski definition) is 0. The van der Waals surface area contributed by atoms with Crippen molar-refractivity contribution in [2.45, 2.75) is 17.8 Å². The lowest BCUT2D eigenvalue weighted by atomic mass is 10.1. The molecule has 0 bridgehead atoms. The van der Waals surface area contributed by atoms with E-state index < -0.39 is 0 Å². The molecular formula is C22H17FN2OS. The Kier molecular flexibility index (Phi) is 4.77. The summed E-state index contributed by atoms with van der Waals surface area (Å²) in [6.07, 6.45) is 0. The zero-order valence-electron chi connectivity index (χ0n) is 14.7. The smallest absolute Gasteiger partial charge is 0.266 e. The minimum atomic E-state index is -0.338. The molecule has 0 N–H and O–H groups in total. The number of rotatable bonds is 4. The molecule has 0 fully saturated rings. The fraction of sp³-hybridized carbons (Fsp3) is 0.0909. The summed E-state index contributed by atoms with van der Waals surface area (Å²) in [5.74, 6) is 0.355. The van der Waals surface area contributed by atoms with E-state index in [0.717, 1.165) is 0 Å². The van der Waals surface area contributed by atoms with Crippen LogP contribution in [0.3, 0.4) is 0 Å². The van der Waals surface area contributed by atoms with Crippen LogP contribution in [0.4, 0.5) is 4.39 Å². The van der Waals surface area contributed by atoms with Crippen molar-refractivity contribution < 1.29 is 4.39 Å². The Hall–Kier alpha value is -2.92. The van der Waals surface area contributed by atoms with E-state index in [9.17, 15) is 9.18 Å². The predicted octanol–water partition coefficient (Wildman–Crippen LogP) is 5.13. The second kappa shape index (κ2) is 7.37. The summed E-state index contributed by atoms with van der Waals surface area (Å²) in [6, 6.07) is 21.4. The Morgan fingerprint density at radius 1 is 0.963 bits per heavy atom. The Balaban J connectivity index is 1.84. The first-order valence-corrected chi connectivity index (χ1v) is 9.57. The van der Waals surface area contributed by atoms with Crippen LogP contribution < -0.4 is 5.56 Å². The first-order chi connectivity index (χ1) is 13.1. The molecule has 4 aromatic rings. The quantitative estimate of drug-likeness (QED) is 0.366. The van der Waals surface area contributed by atoms with Crippen LogP contribution in [0.5, 0.6) is 0 Å². The Bertz CT molecular complexity index is 1170. The zero-order chi connectivity index (χ0) is 18.8.